The number of halogens is 1. The highest BCUT2D eigenvalue weighted by Crippen LogP contribution is 2.30. The van der Waals surface area contributed by atoms with Gasteiger partial charge in [-0.1, -0.05) is 18.2 Å². The molecule has 3 rings (SSSR count). The fourth-order valence-electron chi connectivity index (χ4n) is 3.11. The Morgan fingerprint density at radius 2 is 1.81 bits per heavy atom. The third-order valence-electron chi connectivity index (χ3n) is 4.53. The molecule has 7 nitrogen and oxygen atoms in total. The highest BCUT2D eigenvalue weighted by molar-refractivity contribution is 7.90. The van der Waals surface area contributed by atoms with E-state index in [2.05, 4.69) is 0 Å². The number of anilines is 1. The van der Waals surface area contributed by atoms with Gasteiger partial charge < -0.3 is 15.4 Å². The van der Waals surface area contributed by atoms with E-state index in [1.807, 2.05) is 0 Å². The summed E-state index contributed by atoms with van der Waals surface area (Å²) in [5, 5.41) is 0. The minimum Gasteiger partial charge on any atom is -0.444 e. The molecule has 3 aromatic rings. The number of nitrogen functional groups attached to an aromatic ring is 1. The van der Waals surface area contributed by atoms with Crippen molar-refractivity contribution in [3.8, 4) is 11.3 Å². The van der Waals surface area contributed by atoms with Crippen LogP contribution in [0.25, 0.3) is 11.3 Å². The molecule has 0 aliphatic heterocycles. The number of hydrogen-bond donors (Lipinski definition) is 1. The number of benzene rings is 2. The molecule has 1 aromatic heterocycles. The number of nitrogens with zero attached hydrogens (tertiary/aromatic N) is 2. The second-order valence-corrected chi connectivity index (χ2v) is 10.2. The maximum Gasteiger partial charge on any atom is 0.410 e. The molecule has 0 aliphatic carbocycles. The second kappa shape index (κ2) is 8.66. The van der Waals surface area contributed by atoms with Gasteiger partial charge in [-0.2, -0.15) is 0 Å². The van der Waals surface area contributed by atoms with Gasteiger partial charge in [-0.3, -0.25) is 0 Å². The predicted molar refractivity (Wildman–Crippen MR) is 121 cm³/mol. The molecule has 1 heterocycles. The third kappa shape index (κ3) is 5.11. The molecule has 0 saturated heterocycles. The Morgan fingerprint density at radius 3 is 2.44 bits per heavy atom. The lowest BCUT2D eigenvalue weighted by atomic mass is 10.1. The Bertz CT molecular complexity index is 1250. The minimum atomic E-state index is -4.09. The van der Waals surface area contributed by atoms with Crippen LogP contribution in [0.3, 0.4) is 0 Å². The van der Waals surface area contributed by atoms with Crippen molar-refractivity contribution in [1.29, 1.82) is 0 Å². The number of nitrogens with two attached hydrogens (primary N) is 1. The van der Waals surface area contributed by atoms with Gasteiger partial charge >= 0.3 is 6.09 Å². The monoisotopic (exact) mass is 459 g/mol. The zero-order chi connectivity index (χ0) is 23.7. The summed E-state index contributed by atoms with van der Waals surface area (Å²) in [7, 11) is -2.54. The number of carbonyl (C=O) groups is 1. The van der Waals surface area contributed by atoms with Crippen molar-refractivity contribution in [3.05, 3.63) is 72.2 Å². The smallest absolute Gasteiger partial charge is 0.410 e. The molecule has 0 unspecified atom stereocenters. The van der Waals surface area contributed by atoms with Crippen molar-refractivity contribution in [2.45, 2.75) is 37.8 Å². The summed E-state index contributed by atoms with van der Waals surface area (Å²) in [6, 6.07) is 13.3. The highest BCUT2D eigenvalue weighted by Gasteiger charge is 2.25. The third-order valence-corrected chi connectivity index (χ3v) is 6.20. The van der Waals surface area contributed by atoms with E-state index >= 15 is 0 Å². The summed E-state index contributed by atoms with van der Waals surface area (Å²) < 4.78 is 47.7. The topological polar surface area (TPSA) is 94.6 Å². The highest BCUT2D eigenvalue weighted by atomic mass is 32.2. The molecule has 0 fully saturated rings. The van der Waals surface area contributed by atoms with Crippen LogP contribution in [0.1, 0.15) is 26.3 Å². The number of ether oxygens (including phenoxy) is 1. The van der Waals surface area contributed by atoms with Gasteiger partial charge in [0.05, 0.1) is 17.1 Å². The van der Waals surface area contributed by atoms with Crippen LogP contribution in [0.2, 0.25) is 0 Å². The van der Waals surface area contributed by atoms with Crippen molar-refractivity contribution >= 4 is 21.8 Å². The SMILES string of the molecule is CN(Cc1cc(-c2ccccc2F)n(S(=O)(=O)c2cccc(N)c2)c1)C(=O)OC(C)(C)C. The van der Waals surface area contributed by atoms with Gasteiger partial charge in [0.15, 0.2) is 0 Å². The lowest BCUT2D eigenvalue weighted by Gasteiger charge is -2.24. The average Bonchev–Trinajstić information content (AvgIpc) is 3.11. The molecule has 9 heteroatoms. The summed E-state index contributed by atoms with van der Waals surface area (Å²) in [6.07, 6.45) is 0.817. The van der Waals surface area contributed by atoms with Gasteiger partial charge in [-0.15, -0.1) is 0 Å². The van der Waals surface area contributed by atoms with Crippen LogP contribution in [-0.2, 0) is 21.3 Å². The maximum absolute atomic E-state index is 14.6. The first-order valence-corrected chi connectivity index (χ1v) is 11.3. The van der Waals surface area contributed by atoms with Crippen molar-refractivity contribution in [3.63, 3.8) is 0 Å². The number of amides is 1. The van der Waals surface area contributed by atoms with Gasteiger partial charge in [0.2, 0.25) is 0 Å². The van der Waals surface area contributed by atoms with Crippen LogP contribution < -0.4 is 5.73 Å². The Labute approximate surface area is 187 Å². The summed E-state index contributed by atoms with van der Waals surface area (Å²) in [6.45, 7) is 5.33. The van der Waals surface area contributed by atoms with Crippen molar-refractivity contribution in [2.75, 3.05) is 12.8 Å². The minimum absolute atomic E-state index is 0.0299. The van der Waals surface area contributed by atoms with E-state index in [4.69, 9.17) is 10.5 Å². The van der Waals surface area contributed by atoms with Crippen LogP contribution in [0, 0.1) is 5.82 Å². The lowest BCUT2D eigenvalue weighted by Crippen LogP contribution is -2.33. The molecule has 0 spiro atoms. The van der Waals surface area contributed by atoms with Crippen LogP contribution in [0.15, 0.2) is 65.7 Å². The summed E-state index contributed by atoms with van der Waals surface area (Å²) >= 11 is 0. The van der Waals surface area contributed by atoms with E-state index < -0.39 is 27.5 Å². The van der Waals surface area contributed by atoms with Crippen LogP contribution in [0.5, 0.6) is 0 Å². The molecule has 2 aromatic carbocycles. The fourth-order valence-corrected chi connectivity index (χ4v) is 4.56. The van der Waals surface area contributed by atoms with Crippen molar-refractivity contribution in [1.82, 2.24) is 8.87 Å². The van der Waals surface area contributed by atoms with Gasteiger partial charge in [0.25, 0.3) is 10.0 Å². The van der Waals surface area contributed by atoms with E-state index in [-0.39, 0.29) is 28.4 Å². The lowest BCUT2D eigenvalue weighted by molar-refractivity contribution is 0.0285. The number of rotatable bonds is 5. The first kappa shape index (κ1) is 23.3. The summed E-state index contributed by atoms with van der Waals surface area (Å²) in [5.41, 5.74) is 6.13. The molecule has 1 amide bonds. The molecule has 32 heavy (non-hydrogen) atoms. The number of carbonyl (C=O) groups excluding carboxylic acids is 1. The predicted octanol–water partition coefficient (Wildman–Crippen LogP) is 4.48. The largest absolute Gasteiger partial charge is 0.444 e. The number of aromatic nitrogens is 1. The molecular weight excluding hydrogens is 433 g/mol. The Hall–Kier alpha value is -3.33. The summed E-state index contributed by atoms with van der Waals surface area (Å²) in [5.74, 6) is -0.568. The quantitative estimate of drug-likeness (QED) is 0.568. The Balaban J connectivity index is 2.07. The Kier molecular flexibility index (Phi) is 6.32. The first-order valence-electron chi connectivity index (χ1n) is 9.90. The molecule has 170 valence electrons. The van der Waals surface area contributed by atoms with Crippen LogP contribution in [-0.4, -0.2) is 36.0 Å². The molecule has 0 radical (unpaired) electrons. The van der Waals surface area contributed by atoms with E-state index in [1.54, 1.807) is 46.0 Å². The van der Waals surface area contributed by atoms with Gasteiger partial charge in [-0.25, -0.2) is 21.6 Å². The van der Waals surface area contributed by atoms with E-state index in [0.717, 1.165) is 3.97 Å². The molecule has 0 aliphatic rings. The van der Waals surface area contributed by atoms with Gasteiger partial charge in [-0.05, 0) is 62.7 Å². The zero-order valence-corrected chi connectivity index (χ0v) is 19.2. The van der Waals surface area contributed by atoms with Crippen molar-refractivity contribution < 1.29 is 22.3 Å². The molecule has 0 bridgehead atoms. The molecule has 0 saturated carbocycles. The number of hydrogen-bond acceptors (Lipinski definition) is 5. The molecule has 0 atom stereocenters. The zero-order valence-electron chi connectivity index (χ0n) is 18.4. The standard InChI is InChI=1S/C23H26FN3O4S/c1-23(2,3)31-22(28)26(4)14-16-12-21(19-10-5-6-11-20(19)24)27(15-16)32(29,30)18-9-7-8-17(25)13-18/h5-13,15H,14,25H2,1-4H3. The molecular formula is C23H26FN3O4S. The van der Waals surface area contributed by atoms with Gasteiger partial charge in [0, 0.05) is 24.5 Å². The van der Waals surface area contributed by atoms with Crippen molar-refractivity contribution in [2.24, 2.45) is 0 Å². The first-order chi connectivity index (χ1) is 14.9. The Morgan fingerprint density at radius 1 is 1.12 bits per heavy atom. The van der Waals surface area contributed by atoms with E-state index in [0.29, 0.717) is 5.56 Å². The van der Waals surface area contributed by atoms with Crippen LogP contribution >= 0.6 is 0 Å². The fraction of sp³-hybridized carbons (Fsp3) is 0.261. The average molecular weight is 460 g/mol. The normalized spacial score (nSPS) is 11.9. The van der Waals surface area contributed by atoms with E-state index in [1.165, 1.54) is 47.5 Å². The van der Waals surface area contributed by atoms with E-state index in [9.17, 15) is 17.6 Å². The maximum atomic E-state index is 14.6. The summed E-state index contributed by atoms with van der Waals surface area (Å²) in [4.78, 5) is 13.6. The van der Waals surface area contributed by atoms with Crippen LogP contribution in [0.4, 0.5) is 14.9 Å². The van der Waals surface area contributed by atoms with Gasteiger partial charge in [0.1, 0.15) is 11.4 Å². The molecule has 2 N–H and O–H groups in total. The second-order valence-electron chi connectivity index (χ2n) is 8.42.